The summed E-state index contributed by atoms with van der Waals surface area (Å²) < 4.78 is 5.09. The number of nitrogens with zero attached hydrogens (tertiary/aromatic N) is 2. The predicted octanol–water partition coefficient (Wildman–Crippen LogP) is 2.49. The van der Waals surface area contributed by atoms with Gasteiger partial charge >= 0.3 is 0 Å². The van der Waals surface area contributed by atoms with E-state index in [9.17, 15) is 9.90 Å². The first kappa shape index (κ1) is 15.3. The minimum Gasteiger partial charge on any atom is -0.394 e. The first-order valence-corrected chi connectivity index (χ1v) is 7.03. The van der Waals surface area contributed by atoms with Crippen LogP contribution < -0.4 is 0 Å². The summed E-state index contributed by atoms with van der Waals surface area (Å²) in [6.07, 6.45) is 0. The second-order valence-electron chi connectivity index (χ2n) is 4.99. The molecule has 1 aromatic heterocycles. The average molecular weight is 288 g/mol. The van der Waals surface area contributed by atoms with Crippen LogP contribution in [0.15, 0.2) is 34.9 Å². The van der Waals surface area contributed by atoms with Gasteiger partial charge in [-0.25, -0.2) is 0 Å². The van der Waals surface area contributed by atoms with Crippen LogP contribution in [-0.2, 0) is 0 Å². The van der Waals surface area contributed by atoms with E-state index in [1.165, 1.54) is 0 Å². The SMILES string of the molecule is CCN(C(=O)c1ccccc1-c1cc(C)on1)[C@@H](C)CO. The van der Waals surface area contributed by atoms with Gasteiger partial charge in [0.1, 0.15) is 11.5 Å². The maximum atomic E-state index is 12.7. The van der Waals surface area contributed by atoms with E-state index in [4.69, 9.17) is 4.52 Å². The summed E-state index contributed by atoms with van der Waals surface area (Å²) in [7, 11) is 0. The van der Waals surface area contributed by atoms with E-state index in [-0.39, 0.29) is 18.6 Å². The maximum Gasteiger partial charge on any atom is 0.254 e. The maximum absolute atomic E-state index is 12.7. The van der Waals surface area contributed by atoms with Crippen LogP contribution in [0.1, 0.15) is 30.0 Å². The number of aryl methyl sites for hydroxylation is 1. The molecule has 112 valence electrons. The summed E-state index contributed by atoms with van der Waals surface area (Å²) in [4.78, 5) is 14.4. The Labute approximate surface area is 124 Å². The van der Waals surface area contributed by atoms with E-state index < -0.39 is 0 Å². The van der Waals surface area contributed by atoms with E-state index in [2.05, 4.69) is 5.16 Å². The summed E-state index contributed by atoms with van der Waals surface area (Å²) in [5.74, 6) is 0.582. The lowest BCUT2D eigenvalue weighted by Crippen LogP contribution is -2.40. The molecule has 1 amide bonds. The third-order valence-corrected chi connectivity index (χ3v) is 3.46. The van der Waals surface area contributed by atoms with Crippen molar-refractivity contribution in [2.45, 2.75) is 26.8 Å². The van der Waals surface area contributed by atoms with Gasteiger partial charge in [-0.1, -0.05) is 23.4 Å². The molecule has 0 unspecified atom stereocenters. The fourth-order valence-corrected chi connectivity index (χ4v) is 2.30. The Morgan fingerprint density at radius 3 is 2.71 bits per heavy atom. The van der Waals surface area contributed by atoms with Crippen molar-refractivity contribution < 1.29 is 14.4 Å². The molecule has 0 spiro atoms. The highest BCUT2D eigenvalue weighted by atomic mass is 16.5. The van der Waals surface area contributed by atoms with Crippen LogP contribution in [-0.4, -0.2) is 40.3 Å². The molecule has 1 heterocycles. The fraction of sp³-hybridized carbons (Fsp3) is 0.375. The number of carbonyl (C=O) groups excluding carboxylic acids is 1. The zero-order valence-electron chi connectivity index (χ0n) is 12.5. The lowest BCUT2D eigenvalue weighted by atomic mass is 10.0. The summed E-state index contributed by atoms with van der Waals surface area (Å²) in [5, 5.41) is 13.3. The highest BCUT2D eigenvalue weighted by Crippen LogP contribution is 2.24. The molecule has 0 saturated carbocycles. The van der Waals surface area contributed by atoms with E-state index in [0.717, 1.165) is 5.56 Å². The second kappa shape index (κ2) is 6.54. The molecule has 2 rings (SSSR count). The molecule has 0 aliphatic carbocycles. The van der Waals surface area contributed by atoms with E-state index >= 15 is 0 Å². The number of likely N-dealkylation sites (N-methyl/N-ethyl adjacent to an activating group) is 1. The van der Waals surface area contributed by atoms with Crippen molar-refractivity contribution >= 4 is 5.91 Å². The van der Waals surface area contributed by atoms with Gasteiger partial charge in [0.05, 0.1) is 12.6 Å². The van der Waals surface area contributed by atoms with E-state index in [1.807, 2.05) is 39.0 Å². The van der Waals surface area contributed by atoms with Crippen LogP contribution in [0.4, 0.5) is 0 Å². The van der Waals surface area contributed by atoms with Crippen LogP contribution in [0.3, 0.4) is 0 Å². The van der Waals surface area contributed by atoms with Crippen LogP contribution in [0.25, 0.3) is 11.3 Å². The number of aliphatic hydroxyl groups is 1. The van der Waals surface area contributed by atoms with Gasteiger partial charge in [0.15, 0.2) is 0 Å². The van der Waals surface area contributed by atoms with E-state index in [1.54, 1.807) is 17.0 Å². The second-order valence-corrected chi connectivity index (χ2v) is 4.99. The van der Waals surface area contributed by atoms with Gasteiger partial charge < -0.3 is 14.5 Å². The van der Waals surface area contributed by atoms with Gasteiger partial charge in [-0.15, -0.1) is 0 Å². The minimum atomic E-state index is -0.227. The van der Waals surface area contributed by atoms with Crippen LogP contribution in [0.2, 0.25) is 0 Å². The van der Waals surface area contributed by atoms with Gasteiger partial charge in [-0.2, -0.15) is 0 Å². The van der Waals surface area contributed by atoms with Crippen molar-refractivity contribution in [1.82, 2.24) is 10.1 Å². The Balaban J connectivity index is 2.42. The molecule has 0 bridgehead atoms. The number of benzene rings is 1. The molecular formula is C16H20N2O3. The fourth-order valence-electron chi connectivity index (χ4n) is 2.30. The van der Waals surface area contributed by atoms with Crippen molar-refractivity contribution in [2.75, 3.05) is 13.2 Å². The molecule has 1 N–H and O–H groups in total. The summed E-state index contributed by atoms with van der Waals surface area (Å²) in [6.45, 7) is 6.00. The van der Waals surface area contributed by atoms with Crippen molar-refractivity contribution in [3.63, 3.8) is 0 Å². The standard InChI is InChI=1S/C16H20N2O3/c1-4-18(11(2)10-19)16(20)14-8-6-5-7-13(14)15-9-12(3)21-17-15/h5-9,11,19H,4,10H2,1-3H3/t11-/m0/s1. The highest BCUT2D eigenvalue weighted by Gasteiger charge is 2.22. The molecule has 0 aliphatic heterocycles. The summed E-state index contributed by atoms with van der Waals surface area (Å²) >= 11 is 0. The average Bonchev–Trinajstić information content (AvgIpc) is 2.94. The van der Waals surface area contributed by atoms with Crippen molar-refractivity contribution in [2.24, 2.45) is 0 Å². The number of carbonyl (C=O) groups is 1. The molecule has 0 radical (unpaired) electrons. The molecule has 5 nitrogen and oxygen atoms in total. The molecule has 0 fully saturated rings. The first-order valence-electron chi connectivity index (χ1n) is 7.03. The molecule has 0 saturated heterocycles. The molecule has 5 heteroatoms. The smallest absolute Gasteiger partial charge is 0.254 e. The van der Waals surface area contributed by atoms with Crippen molar-refractivity contribution in [3.8, 4) is 11.3 Å². The van der Waals surface area contributed by atoms with Gasteiger partial charge in [-0.3, -0.25) is 4.79 Å². The molecule has 1 atom stereocenters. The number of hydrogen-bond acceptors (Lipinski definition) is 4. The zero-order valence-corrected chi connectivity index (χ0v) is 12.5. The number of hydrogen-bond donors (Lipinski definition) is 1. The molecule has 2 aromatic rings. The Hall–Kier alpha value is -2.14. The number of aliphatic hydroxyl groups excluding tert-OH is 1. The largest absolute Gasteiger partial charge is 0.394 e. The Morgan fingerprint density at radius 2 is 2.14 bits per heavy atom. The highest BCUT2D eigenvalue weighted by molar-refractivity contribution is 6.00. The Kier molecular flexibility index (Phi) is 4.75. The van der Waals surface area contributed by atoms with Crippen LogP contribution in [0.5, 0.6) is 0 Å². The third-order valence-electron chi connectivity index (χ3n) is 3.46. The predicted molar refractivity (Wildman–Crippen MR) is 79.9 cm³/mol. The number of amides is 1. The van der Waals surface area contributed by atoms with Gasteiger partial charge in [0.25, 0.3) is 5.91 Å². The third kappa shape index (κ3) is 3.13. The summed E-state index contributed by atoms with van der Waals surface area (Å²) in [6, 6.07) is 8.88. The Bertz CT molecular complexity index is 621. The van der Waals surface area contributed by atoms with Crippen LogP contribution in [0, 0.1) is 6.92 Å². The van der Waals surface area contributed by atoms with Gasteiger partial charge in [-0.05, 0) is 26.8 Å². The number of rotatable bonds is 5. The zero-order chi connectivity index (χ0) is 15.4. The van der Waals surface area contributed by atoms with Gasteiger partial charge in [0, 0.05) is 23.7 Å². The normalized spacial score (nSPS) is 12.2. The molecule has 1 aromatic carbocycles. The van der Waals surface area contributed by atoms with Crippen molar-refractivity contribution in [3.05, 3.63) is 41.7 Å². The van der Waals surface area contributed by atoms with Crippen molar-refractivity contribution in [1.29, 1.82) is 0 Å². The Morgan fingerprint density at radius 1 is 1.43 bits per heavy atom. The minimum absolute atomic E-state index is 0.0647. The summed E-state index contributed by atoms with van der Waals surface area (Å²) in [5.41, 5.74) is 1.94. The lowest BCUT2D eigenvalue weighted by Gasteiger charge is -2.27. The first-order chi connectivity index (χ1) is 10.1. The number of aromatic nitrogens is 1. The lowest BCUT2D eigenvalue weighted by molar-refractivity contribution is 0.0633. The van der Waals surface area contributed by atoms with E-state index in [0.29, 0.717) is 23.6 Å². The molecule has 0 aliphatic rings. The molecular weight excluding hydrogens is 268 g/mol. The molecule has 21 heavy (non-hydrogen) atoms. The monoisotopic (exact) mass is 288 g/mol. The van der Waals surface area contributed by atoms with Crippen LogP contribution >= 0.6 is 0 Å². The van der Waals surface area contributed by atoms with Gasteiger partial charge in [0.2, 0.25) is 0 Å². The topological polar surface area (TPSA) is 66.6 Å². The quantitative estimate of drug-likeness (QED) is 0.918.